The Balaban J connectivity index is 3.24. The predicted molar refractivity (Wildman–Crippen MR) is 77.9 cm³/mol. The van der Waals surface area contributed by atoms with Crippen LogP contribution >= 0.6 is 0 Å². The SMILES string of the molecule is CNC(c1c(C)cc(C)cc1C)C(CO)C(C)C. The molecule has 0 radical (unpaired) electrons. The molecule has 0 aromatic heterocycles. The van der Waals surface area contributed by atoms with E-state index in [1.165, 1.54) is 22.3 Å². The van der Waals surface area contributed by atoms with Gasteiger partial charge in [0.15, 0.2) is 0 Å². The minimum absolute atomic E-state index is 0.218. The third kappa shape index (κ3) is 3.12. The van der Waals surface area contributed by atoms with Crippen LogP contribution < -0.4 is 5.32 Å². The first-order valence-corrected chi connectivity index (χ1v) is 6.78. The Morgan fingerprint density at radius 3 is 1.94 bits per heavy atom. The first kappa shape index (κ1) is 15.2. The van der Waals surface area contributed by atoms with Crippen molar-refractivity contribution in [1.82, 2.24) is 5.32 Å². The molecule has 2 unspecified atom stereocenters. The van der Waals surface area contributed by atoms with Gasteiger partial charge in [0.2, 0.25) is 0 Å². The molecule has 102 valence electrons. The van der Waals surface area contributed by atoms with Crippen molar-refractivity contribution in [3.05, 3.63) is 34.4 Å². The number of hydrogen-bond donors (Lipinski definition) is 2. The zero-order valence-electron chi connectivity index (χ0n) is 12.5. The Kier molecular flexibility index (Phi) is 5.36. The lowest BCUT2D eigenvalue weighted by molar-refractivity contribution is 0.153. The van der Waals surface area contributed by atoms with Gasteiger partial charge >= 0.3 is 0 Å². The largest absolute Gasteiger partial charge is 0.396 e. The van der Waals surface area contributed by atoms with Crippen molar-refractivity contribution in [3.63, 3.8) is 0 Å². The van der Waals surface area contributed by atoms with E-state index in [0.717, 1.165) is 0 Å². The highest BCUT2D eigenvalue weighted by Crippen LogP contribution is 2.32. The molecular formula is C16H27NO. The first-order valence-electron chi connectivity index (χ1n) is 6.78. The monoisotopic (exact) mass is 249 g/mol. The maximum absolute atomic E-state index is 9.66. The second-order valence-electron chi connectivity index (χ2n) is 5.67. The van der Waals surface area contributed by atoms with Crippen LogP contribution in [0.4, 0.5) is 0 Å². The fourth-order valence-electron chi connectivity index (χ4n) is 2.96. The summed E-state index contributed by atoms with van der Waals surface area (Å²) in [4.78, 5) is 0. The molecule has 0 amide bonds. The van der Waals surface area contributed by atoms with Crippen LogP contribution in [-0.2, 0) is 0 Å². The quantitative estimate of drug-likeness (QED) is 0.840. The van der Waals surface area contributed by atoms with E-state index in [2.05, 4.69) is 52.1 Å². The lowest BCUT2D eigenvalue weighted by Gasteiger charge is -2.31. The summed E-state index contributed by atoms with van der Waals surface area (Å²) in [5.41, 5.74) is 5.27. The van der Waals surface area contributed by atoms with E-state index >= 15 is 0 Å². The Morgan fingerprint density at radius 1 is 1.11 bits per heavy atom. The summed E-state index contributed by atoms with van der Waals surface area (Å²) in [6, 6.07) is 4.67. The van der Waals surface area contributed by atoms with E-state index in [1.54, 1.807) is 0 Å². The molecule has 2 atom stereocenters. The Morgan fingerprint density at radius 2 is 1.61 bits per heavy atom. The number of rotatable bonds is 5. The minimum atomic E-state index is 0.218. The zero-order chi connectivity index (χ0) is 13.9. The molecule has 1 aromatic carbocycles. The van der Waals surface area contributed by atoms with E-state index in [4.69, 9.17) is 0 Å². The zero-order valence-corrected chi connectivity index (χ0v) is 12.5. The molecule has 0 saturated heterocycles. The second-order valence-corrected chi connectivity index (χ2v) is 5.67. The van der Waals surface area contributed by atoms with Crippen LogP contribution in [0.25, 0.3) is 0 Å². The van der Waals surface area contributed by atoms with Gasteiger partial charge in [-0.3, -0.25) is 0 Å². The van der Waals surface area contributed by atoms with Gasteiger partial charge in [0.1, 0.15) is 0 Å². The van der Waals surface area contributed by atoms with Crippen molar-refractivity contribution < 1.29 is 5.11 Å². The Labute approximate surface area is 111 Å². The summed E-state index contributed by atoms with van der Waals surface area (Å²) in [6.07, 6.45) is 0. The van der Waals surface area contributed by atoms with Crippen LogP contribution in [0, 0.1) is 32.6 Å². The molecule has 1 aromatic rings. The van der Waals surface area contributed by atoms with Gasteiger partial charge in [0, 0.05) is 18.6 Å². The van der Waals surface area contributed by atoms with Gasteiger partial charge in [-0.15, -0.1) is 0 Å². The summed E-state index contributed by atoms with van der Waals surface area (Å²) in [7, 11) is 1.98. The van der Waals surface area contributed by atoms with Crippen LogP contribution in [0.1, 0.15) is 42.1 Å². The summed E-state index contributed by atoms with van der Waals surface area (Å²) in [5, 5.41) is 13.0. The molecule has 0 bridgehead atoms. The van der Waals surface area contributed by atoms with Crippen molar-refractivity contribution >= 4 is 0 Å². The molecule has 0 heterocycles. The van der Waals surface area contributed by atoms with Crippen molar-refractivity contribution in [2.24, 2.45) is 11.8 Å². The fourth-order valence-corrected chi connectivity index (χ4v) is 2.96. The van der Waals surface area contributed by atoms with Crippen LogP contribution in [0.15, 0.2) is 12.1 Å². The molecule has 0 fully saturated rings. The molecular weight excluding hydrogens is 222 g/mol. The van der Waals surface area contributed by atoms with Crippen LogP contribution in [-0.4, -0.2) is 18.8 Å². The van der Waals surface area contributed by atoms with Gasteiger partial charge in [-0.05, 0) is 50.4 Å². The fraction of sp³-hybridized carbons (Fsp3) is 0.625. The van der Waals surface area contributed by atoms with Gasteiger partial charge in [0.05, 0.1) is 0 Å². The van der Waals surface area contributed by atoms with E-state index in [-0.39, 0.29) is 18.6 Å². The van der Waals surface area contributed by atoms with Crippen molar-refractivity contribution in [1.29, 1.82) is 0 Å². The lowest BCUT2D eigenvalue weighted by atomic mass is 9.81. The van der Waals surface area contributed by atoms with E-state index < -0.39 is 0 Å². The molecule has 0 aliphatic rings. The molecule has 0 aliphatic heterocycles. The molecule has 2 nitrogen and oxygen atoms in total. The average molecular weight is 249 g/mol. The second kappa shape index (κ2) is 6.35. The van der Waals surface area contributed by atoms with Gasteiger partial charge in [-0.25, -0.2) is 0 Å². The van der Waals surface area contributed by atoms with Gasteiger partial charge < -0.3 is 10.4 Å². The number of hydrogen-bond acceptors (Lipinski definition) is 2. The molecule has 2 N–H and O–H groups in total. The smallest absolute Gasteiger partial charge is 0.0479 e. The number of aliphatic hydroxyl groups is 1. The molecule has 2 heteroatoms. The van der Waals surface area contributed by atoms with E-state index in [1.807, 2.05) is 7.05 Å². The predicted octanol–water partition coefficient (Wildman–Crippen LogP) is 3.14. The highest BCUT2D eigenvalue weighted by atomic mass is 16.3. The van der Waals surface area contributed by atoms with Crippen molar-refractivity contribution in [2.45, 2.75) is 40.7 Å². The third-order valence-electron chi connectivity index (χ3n) is 3.86. The van der Waals surface area contributed by atoms with Crippen LogP contribution in [0.2, 0.25) is 0 Å². The average Bonchev–Trinajstić information content (AvgIpc) is 2.25. The summed E-state index contributed by atoms with van der Waals surface area (Å²) in [6.45, 7) is 11.0. The van der Waals surface area contributed by atoms with Crippen molar-refractivity contribution in [3.8, 4) is 0 Å². The number of aliphatic hydroxyl groups excluding tert-OH is 1. The normalized spacial score (nSPS) is 14.9. The summed E-state index contributed by atoms with van der Waals surface area (Å²) < 4.78 is 0. The molecule has 0 spiro atoms. The first-order chi connectivity index (χ1) is 8.42. The lowest BCUT2D eigenvalue weighted by Crippen LogP contribution is -2.32. The Bertz CT molecular complexity index is 375. The molecule has 0 aliphatic carbocycles. The topological polar surface area (TPSA) is 32.3 Å². The molecule has 0 saturated carbocycles. The number of benzene rings is 1. The number of nitrogens with one attached hydrogen (secondary N) is 1. The highest BCUT2D eigenvalue weighted by Gasteiger charge is 2.26. The Hall–Kier alpha value is -0.860. The maximum atomic E-state index is 9.66. The van der Waals surface area contributed by atoms with Gasteiger partial charge in [-0.2, -0.15) is 0 Å². The third-order valence-corrected chi connectivity index (χ3v) is 3.86. The highest BCUT2D eigenvalue weighted by molar-refractivity contribution is 5.40. The van der Waals surface area contributed by atoms with Gasteiger partial charge in [-0.1, -0.05) is 31.5 Å². The van der Waals surface area contributed by atoms with E-state index in [9.17, 15) is 5.11 Å². The van der Waals surface area contributed by atoms with Crippen LogP contribution in [0.3, 0.4) is 0 Å². The van der Waals surface area contributed by atoms with E-state index in [0.29, 0.717) is 5.92 Å². The number of aryl methyl sites for hydroxylation is 3. The van der Waals surface area contributed by atoms with Crippen LogP contribution in [0.5, 0.6) is 0 Å². The van der Waals surface area contributed by atoms with Gasteiger partial charge in [0.25, 0.3) is 0 Å². The summed E-state index contributed by atoms with van der Waals surface area (Å²) in [5.74, 6) is 0.697. The maximum Gasteiger partial charge on any atom is 0.0479 e. The van der Waals surface area contributed by atoms with Crippen molar-refractivity contribution in [2.75, 3.05) is 13.7 Å². The minimum Gasteiger partial charge on any atom is -0.396 e. The molecule has 18 heavy (non-hydrogen) atoms. The molecule has 1 rings (SSSR count). The summed E-state index contributed by atoms with van der Waals surface area (Å²) >= 11 is 0. The standard InChI is InChI=1S/C16H27NO/c1-10(2)14(9-18)16(17-6)15-12(4)7-11(3)8-13(15)5/h7-8,10,14,16-18H,9H2,1-6H3.